The topological polar surface area (TPSA) is 73.2 Å². The minimum atomic E-state index is -0.0897. The maximum absolute atomic E-state index is 12.1. The van der Waals surface area contributed by atoms with Gasteiger partial charge in [-0.3, -0.25) is 14.2 Å². The lowest BCUT2D eigenvalue weighted by Crippen LogP contribution is -2.33. The molecule has 6 nitrogen and oxygen atoms in total. The van der Waals surface area contributed by atoms with Crippen molar-refractivity contribution in [3.05, 3.63) is 28.1 Å². The number of hydrogen-bond acceptors (Lipinski definition) is 5. The SMILES string of the molecule is O=C(CCn1cnc2sccc2c1=O)NC[C@H]1CCCO1. The number of rotatable bonds is 5. The largest absolute Gasteiger partial charge is 0.376 e. The smallest absolute Gasteiger partial charge is 0.262 e. The van der Waals surface area contributed by atoms with Crippen LogP contribution >= 0.6 is 11.3 Å². The van der Waals surface area contributed by atoms with Crippen LogP contribution in [0.3, 0.4) is 0 Å². The van der Waals surface area contributed by atoms with Crippen molar-refractivity contribution in [1.29, 1.82) is 0 Å². The van der Waals surface area contributed by atoms with Crippen molar-refractivity contribution in [2.45, 2.75) is 31.9 Å². The van der Waals surface area contributed by atoms with Gasteiger partial charge in [-0.2, -0.15) is 0 Å². The molecule has 2 aromatic rings. The molecule has 0 aliphatic carbocycles. The van der Waals surface area contributed by atoms with Gasteiger partial charge in [-0.25, -0.2) is 4.98 Å². The van der Waals surface area contributed by atoms with Crippen molar-refractivity contribution in [2.75, 3.05) is 13.2 Å². The highest BCUT2D eigenvalue weighted by Crippen LogP contribution is 2.13. The Hall–Kier alpha value is -1.73. The molecular formula is C14H17N3O3S. The zero-order chi connectivity index (χ0) is 14.7. The van der Waals surface area contributed by atoms with Gasteiger partial charge >= 0.3 is 0 Å². The third-order valence-electron chi connectivity index (χ3n) is 3.58. The molecule has 1 atom stereocenters. The molecule has 1 aliphatic rings. The number of nitrogens with zero attached hydrogens (tertiary/aromatic N) is 2. The molecule has 21 heavy (non-hydrogen) atoms. The Morgan fingerprint density at radius 2 is 2.48 bits per heavy atom. The van der Waals surface area contributed by atoms with E-state index in [9.17, 15) is 9.59 Å². The Bertz CT molecular complexity index is 688. The Labute approximate surface area is 125 Å². The monoisotopic (exact) mass is 307 g/mol. The number of amides is 1. The molecule has 0 unspecified atom stereocenters. The van der Waals surface area contributed by atoms with E-state index in [4.69, 9.17) is 4.74 Å². The van der Waals surface area contributed by atoms with Crippen LogP contribution in [-0.2, 0) is 16.1 Å². The van der Waals surface area contributed by atoms with Crippen molar-refractivity contribution in [3.8, 4) is 0 Å². The number of nitrogens with one attached hydrogen (secondary N) is 1. The van der Waals surface area contributed by atoms with Crippen molar-refractivity contribution >= 4 is 27.5 Å². The summed E-state index contributed by atoms with van der Waals surface area (Å²) in [5.41, 5.74) is -0.0897. The Morgan fingerprint density at radius 3 is 3.29 bits per heavy atom. The summed E-state index contributed by atoms with van der Waals surface area (Å²) in [5, 5.41) is 5.31. The van der Waals surface area contributed by atoms with Gasteiger partial charge in [-0.05, 0) is 24.3 Å². The molecule has 112 valence electrons. The molecule has 7 heteroatoms. The van der Waals surface area contributed by atoms with Gasteiger partial charge < -0.3 is 10.1 Å². The third kappa shape index (κ3) is 3.30. The summed E-state index contributed by atoms with van der Waals surface area (Å²) >= 11 is 1.44. The van der Waals surface area contributed by atoms with Crippen LogP contribution in [0.1, 0.15) is 19.3 Å². The second-order valence-electron chi connectivity index (χ2n) is 5.07. The number of hydrogen-bond donors (Lipinski definition) is 1. The Balaban J connectivity index is 1.54. The normalized spacial score (nSPS) is 18.2. The average Bonchev–Trinajstić information content (AvgIpc) is 3.15. The van der Waals surface area contributed by atoms with Gasteiger partial charge in [0.2, 0.25) is 5.91 Å². The minimum Gasteiger partial charge on any atom is -0.376 e. The lowest BCUT2D eigenvalue weighted by molar-refractivity contribution is -0.121. The number of fused-ring (bicyclic) bond motifs is 1. The molecule has 1 amide bonds. The van der Waals surface area contributed by atoms with Gasteiger partial charge in [0.15, 0.2) is 0 Å². The molecule has 0 spiro atoms. The van der Waals surface area contributed by atoms with Crippen LogP contribution in [0, 0.1) is 0 Å². The molecular weight excluding hydrogens is 290 g/mol. The highest BCUT2D eigenvalue weighted by atomic mass is 32.1. The molecule has 1 fully saturated rings. The molecule has 0 saturated carbocycles. The highest BCUT2D eigenvalue weighted by molar-refractivity contribution is 7.16. The number of thiophene rings is 1. The van der Waals surface area contributed by atoms with E-state index in [1.807, 2.05) is 5.38 Å². The standard InChI is InChI=1S/C14H17N3O3S/c18-12(15-8-10-2-1-6-20-10)3-5-17-9-16-13-11(14(17)19)4-7-21-13/h4,7,9-10H,1-3,5-6,8H2,(H,15,18)/t10-/m1/s1. The fourth-order valence-electron chi connectivity index (χ4n) is 2.40. The van der Waals surface area contributed by atoms with Crippen molar-refractivity contribution in [2.24, 2.45) is 0 Å². The summed E-state index contributed by atoms with van der Waals surface area (Å²) in [4.78, 5) is 28.9. The quantitative estimate of drug-likeness (QED) is 0.899. The summed E-state index contributed by atoms with van der Waals surface area (Å²) in [6.45, 7) is 1.67. The van der Waals surface area contributed by atoms with Gasteiger partial charge in [0, 0.05) is 26.1 Å². The van der Waals surface area contributed by atoms with E-state index < -0.39 is 0 Å². The van der Waals surface area contributed by atoms with Crippen LogP contribution in [0.2, 0.25) is 0 Å². The maximum atomic E-state index is 12.1. The Morgan fingerprint density at radius 1 is 1.57 bits per heavy atom. The summed E-state index contributed by atoms with van der Waals surface area (Å²) in [6.07, 6.45) is 3.97. The van der Waals surface area contributed by atoms with Gasteiger partial charge in [0.05, 0.1) is 17.8 Å². The zero-order valence-electron chi connectivity index (χ0n) is 11.6. The number of aromatic nitrogens is 2. The van der Waals surface area contributed by atoms with E-state index in [-0.39, 0.29) is 24.0 Å². The maximum Gasteiger partial charge on any atom is 0.262 e. The van der Waals surface area contributed by atoms with E-state index in [1.54, 1.807) is 6.07 Å². The van der Waals surface area contributed by atoms with Crippen LogP contribution in [-0.4, -0.2) is 34.7 Å². The van der Waals surface area contributed by atoms with Crippen LogP contribution < -0.4 is 10.9 Å². The van der Waals surface area contributed by atoms with Gasteiger partial charge in [-0.1, -0.05) is 0 Å². The second-order valence-corrected chi connectivity index (χ2v) is 5.97. The summed E-state index contributed by atoms with van der Waals surface area (Å²) in [7, 11) is 0. The number of ether oxygens (including phenoxy) is 1. The first-order valence-corrected chi connectivity index (χ1v) is 7.93. The molecule has 0 radical (unpaired) electrons. The first kappa shape index (κ1) is 14.2. The fraction of sp³-hybridized carbons (Fsp3) is 0.500. The van der Waals surface area contributed by atoms with E-state index in [0.29, 0.717) is 18.5 Å². The van der Waals surface area contributed by atoms with Crippen LogP contribution in [0.5, 0.6) is 0 Å². The summed E-state index contributed by atoms with van der Waals surface area (Å²) < 4.78 is 6.93. The summed E-state index contributed by atoms with van der Waals surface area (Å²) in [6, 6.07) is 1.77. The molecule has 1 aliphatic heterocycles. The molecule has 0 aromatic carbocycles. The van der Waals surface area contributed by atoms with Crippen LogP contribution in [0.15, 0.2) is 22.6 Å². The lowest BCUT2D eigenvalue weighted by atomic mass is 10.2. The van der Waals surface area contributed by atoms with Crippen molar-refractivity contribution in [1.82, 2.24) is 14.9 Å². The molecule has 0 bridgehead atoms. The fourth-order valence-corrected chi connectivity index (χ4v) is 3.12. The van der Waals surface area contributed by atoms with E-state index in [0.717, 1.165) is 24.3 Å². The Kier molecular flexibility index (Phi) is 4.31. The number of aryl methyl sites for hydroxylation is 1. The minimum absolute atomic E-state index is 0.0668. The molecule has 3 heterocycles. The van der Waals surface area contributed by atoms with E-state index in [1.165, 1.54) is 22.2 Å². The number of carbonyl (C=O) groups excluding carboxylic acids is 1. The first-order valence-electron chi connectivity index (χ1n) is 7.05. The highest BCUT2D eigenvalue weighted by Gasteiger charge is 2.16. The molecule has 2 aromatic heterocycles. The first-order chi connectivity index (χ1) is 10.2. The van der Waals surface area contributed by atoms with Gasteiger partial charge in [0.25, 0.3) is 5.56 Å². The second kappa shape index (κ2) is 6.36. The van der Waals surface area contributed by atoms with Crippen molar-refractivity contribution in [3.63, 3.8) is 0 Å². The average molecular weight is 307 g/mol. The van der Waals surface area contributed by atoms with E-state index >= 15 is 0 Å². The van der Waals surface area contributed by atoms with Crippen LogP contribution in [0.4, 0.5) is 0 Å². The molecule has 1 saturated heterocycles. The molecule has 1 N–H and O–H groups in total. The predicted octanol–water partition coefficient (Wildman–Crippen LogP) is 1.14. The van der Waals surface area contributed by atoms with Crippen molar-refractivity contribution < 1.29 is 9.53 Å². The third-order valence-corrected chi connectivity index (χ3v) is 4.40. The van der Waals surface area contributed by atoms with E-state index in [2.05, 4.69) is 10.3 Å². The van der Waals surface area contributed by atoms with Crippen LogP contribution in [0.25, 0.3) is 10.2 Å². The molecule has 3 rings (SSSR count). The predicted molar refractivity (Wildman–Crippen MR) is 80.5 cm³/mol. The van der Waals surface area contributed by atoms with Gasteiger partial charge in [-0.15, -0.1) is 11.3 Å². The lowest BCUT2D eigenvalue weighted by Gasteiger charge is -2.11. The van der Waals surface area contributed by atoms with Gasteiger partial charge in [0.1, 0.15) is 4.83 Å². The number of carbonyl (C=O) groups is 1. The summed E-state index contributed by atoms with van der Waals surface area (Å²) in [5.74, 6) is -0.0668. The zero-order valence-corrected chi connectivity index (χ0v) is 12.4.